The van der Waals surface area contributed by atoms with E-state index in [1.54, 1.807) is 6.07 Å². The fourth-order valence-electron chi connectivity index (χ4n) is 3.14. The van der Waals surface area contributed by atoms with Crippen molar-refractivity contribution in [1.82, 2.24) is 23.7 Å². The maximum absolute atomic E-state index is 12.4. The number of nitriles is 1. The summed E-state index contributed by atoms with van der Waals surface area (Å²) in [4.78, 5) is 45.1. The standard InChI is InChI=1S/C20H16N6O5S/c1-24-17-16(19(29)25(2)20(24)30)26(10-22-17)8-15(28)31-9-13(27)11(7-21)18-23-12-5-3-4-6-14(12)32-18/h3-6,10,27H,8-9H2,1-2H3/b13-11+. The van der Waals surface area contributed by atoms with E-state index >= 15 is 0 Å². The number of ether oxygens (including phenoxy) is 1. The van der Waals surface area contributed by atoms with Gasteiger partial charge in [-0.15, -0.1) is 11.3 Å². The van der Waals surface area contributed by atoms with Gasteiger partial charge in [-0.2, -0.15) is 5.26 Å². The van der Waals surface area contributed by atoms with E-state index in [4.69, 9.17) is 4.74 Å². The van der Waals surface area contributed by atoms with Crippen molar-refractivity contribution in [2.45, 2.75) is 6.54 Å². The van der Waals surface area contributed by atoms with E-state index in [-0.39, 0.29) is 23.3 Å². The van der Waals surface area contributed by atoms with Crippen LogP contribution in [0.1, 0.15) is 5.01 Å². The second-order valence-corrected chi connectivity index (χ2v) is 7.86. The molecule has 0 spiro atoms. The minimum absolute atomic E-state index is 0.0681. The Bertz CT molecular complexity index is 1530. The largest absolute Gasteiger partial charge is 0.507 e. The monoisotopic (exact) mass is 452 g/mol. The summed E-state index contributed by atoms with van der Waals surface area (Å²) in [6, 6.07) is 9.18. The Morgan fingerprint density at radius 3 is 2.72 bits per heavy atom. The predicted octanol–water partition coefficient (Wildman–Crippen LogP) is 1.08. The molecule has 4 aromatic rings. The zero-order chi connectivity index (χ0) is 23.0. The van der Waals surface area contributed by atoms with Crippen LogP contribution in [0.2, 0.25) is 0 Å². The molecule has 3 aromatic heterocycles. The van der Waals surface area contributed by atoms with Crippen molar-refractivity contribution < 1.29 is 14.6 Å². The van der Waals surface area contributed by atoms with E-state index < -0.39 is 29.6 Å². The van der Waals surface area contributed by atoms with Gasteiger partial charge in [-0.3, -0.25) is 18.7 Å². The summed E-state index contributed by atoms with van der Waals surface area (Å²) < 4.78 is 9.31. The number of benzene rings is 1. The first kappa shape index (κ1) is 21.0. The van der Waals surface area contributed by atoms with E-state index in [2.05, 4.69) is 9.97 Å². The maximum Gasteiger partial charge on any atom is 0.332 e. The van der Waals surface area contributed by atoms with E-state index in [1.165, 1.54) is 40.9 Å². The van der Waals surface area contributed by atoms with Crippen LogP contribution in [0, 0.1) is 11.3 Å². The molecule has 0 atom stereocenters. The number of carbonyl (C=O) groups excluding carboxylic acids is 1. The van der Waals surface area contributed by atoms with Crippen LogP contribution in [0.5, 0.6) is 0 Å². The van der Waals surface area contributed by atoms with Gasteiger partial charge in [0.2, 0.25) is 0 Å². The molecular weight excluding hydrogens is 436 g/mol. The van der Waals surface area contributed by atoms with Crippen LogP contribution < -0.4 is 11.2 Å². The summed E-state index contributed by atoms with van der Waals surface area (Å²) >= 11 is 1.23. The lowest BCUT2D eigenvalue weighted by molar-refractivity contribution is -0.144. The normalized spacial score (nSPS) is 12.0. The summed E-state index contributed by atoms with van der Waals surface area (Å²) in [6.45, 7) is -0.916. The molecule has 0 saturated heterocycles. The molecule has 11 nitrogen and oxygen atoms in total. The highest BCUT2D eigenvalue weighted by molar-refractivity contribution is 7.19. The average Bonchev–Trinajstić information content (AvgIpc) is 3.39. The highest BCUT2D eigenvalue weighted by Gasteiger charge is 2.18. The Labute approximate surface area is 183 Å². The molecule has 32 heavy (non-hydrogen) atoms. The van der Waals surface area contributed by atoms with Gasteiger partial charge in [-0.25, -0.2) is 14.8 Å². The van der Waals surface area contributed by atoms with Crippen LogP contribution in [0.25, 0.3) is 27.0 Å². The number of hydrogen-bond donors (Lipinski definition) is 1. The Kier molecular flexibility index (Phi) is 5.33. The number of aromatic nitrogens is 5. The Morgan fingerprint density at radius 1 is 1.25 bits per heavy atom. The molecular formula is C20H16N6O5S. The Hall–Kier alpha value is -4.24. The predicted molar refractivity (Wildman–Crippen MR) is 116 cm³/mol. The van der Waals surface area contributed by atoms with Crippen LogP contribution in [0.4, 0.5) is 0 Å². The van der Waals surface area contributed by atoms with Gasteiger partial charge in [-0.05, 0) is 12.1 Å². The number of carbonyl (C=O) groups is 1. The molecule has 0 saturated carbocycles. The average molecular weight is 452 g/mol. The topological polar surface area (TPSA) is 145 Å². The Balaban J connectivity index is 1.54. The third-order valence-electron chi connectivity index (χ3n) is 4.79. The second-order valence-electron chi connectivity index (χ2n) is 6.83. The second kappa shape index (κ2) is 8.12. The quantitative estimate of drug-likeness (QED) is 0.269. The molecule has 0 aliphatic rings. The minimum atomic E-state index is -0.770. The highest BCUT2D eigenvalue weighted by atomic mass is 32.1. The minimum Gasteiger partial charge on any atom is -0.507 e. The fraction of sp³-hybridized carbons (Fsp3) is 0.200. The number of fused-ring (bicyclic) bond motifs is 2. The molecule has 0 aliphatic heterocycles. The third kappa shape index (κ3) is 3.54. The molecule has 4 rings (SSSR count). The third-order valence-corrected chi connectivity index (χ3v) is 5.85. The summed E-state index contributed by atoms with van der Waals surface area (Å²) in [7, 11) is 2.79. The molecule has 162 valence electrons. The number of allylic oxidation sites excluding steroid dienone is 1. The first-order valence-electron chi connectivity index (χ1n) is 9.26. The van der Waals surface area contributed by atoms with Gasteiger partial charge in [-0.1, -0.05) is 12.1 Å². The molecule has 0 aliphatic carbocycles. The smallest absolute Gasteiger partial charge is 0.332 e. The first-order chi connectivity index (χ1) is 15.3. The molecule has 0 unspecified atom stereocenters. The lowest BCUT2D eigenvalue weighted by Crippen LogP contribution is -2.37. The van der Waals surface area contributed by atoms with Crippen molar-refractivity contribution in [3.8, 4) is 6.07 Å². The number of aryl methyl sites for hydroxylation is 1. The molecule has 0 amide bonds. The van der Waals surface area contributed by atoms with Gasteiger partial charge in [0.15, 0.2) is 16.9 Å². The summed E-state index contributed by atoms with van der Waals surface area (Å²) in [5.74, 6) is -1.21. The first-order valence-corrected chi connectivity index (χ1v) is 10.1. The SMILES string of the molecule is Cn1c(=O)c2c(ncn2CC(=O)OC/C(O)=C(/C#N)c2nc3ccccc3s2)n(C)c1=O. The number of imidazole rings is 1. The Morgan fingerprint density at radius 2 is 2.00 bits per heavy atom. The van der Waals surface area contributed by atoms with Crippen molar-refractivity contribution >= 4 is 44.3 Å². The van der Waals surface area contributed by atoms with Crippen molar-refractivity contribution in [2.24, 2.45) is 14.1 Å². The van der Waals surface area contributed by atoms with Gasteiger partial charge in [0.05, 0.1) is 16.5 Å². The molecule has 0 bridgehead atoms. The maximum atomic E-state index is 12.4. The molecule has 0 radical (unpaired) electrons. The molecule has 3 heterocycles. The van der Waals surface area contributed by atoms with Crippen molar-refractivity contribution in [1.29, 1.82) is 5.26 Å². The zero-order valence-electron chi connectivity index (χ0n) is 17.0. The number of thiazole rings is 1. The van der Waals surface area contributed by atoms with Crippen molar-refractivity contribution in [2.75, 3.05) is 6.61 Å². The number of aliphatic hydroxyl groups excluding tert-OH is 1. The van der Waals surface area contributed by atoms with Crippen molar-refractivity contribution in [3.05, 3.63) is 62.2 Å². The number of esters is 1. The van der Waals surface area contributed by atoms with E-state index in [9.17, 15) is 24.8 Å². The van der Waals surface area contributed by atoms with Crippen LogP contribution in [-0.4, -0.2) is 41.4 Å². The van der Waals surface area contributed by atoms with Crippen LogP contribution in [0.15, 0.2) is 45.9 Å². The number of hydrogen-bond acceptors (Lipinski definition) is 9. The van der Waals surface area contributed by atoms with Crippen LogP contribution in [0.3, 0.4) is 0 Å². The lowest BCUT2D eigenvalue weighted by Gasteiger charge is -2.08. The summed E-state index contributed by atoms with van der Waals surface area (Å²) in [6.07, 6.45) is 1.25. The number of rotatable bonds is 5. The van der Waals surface area contributed by atoms with E-state index in [0.717, 1.165) is 9.27 Å². The van der Waals surface area contributed by atoms with E-state index in [0.29, 0.717) is 10.5 Å². The highest BCUT2D eigenvalue weighted by Crippen LogP contribution is 2.28. The number of aliphatic hydroxyl groups is 1. The number of para-hydroxylation sites is 1. The van der Waals surface area contributed by atoms with E-state index in [1.807, 2.05) is 24.3 Å². The summed E-state index contributed by atoms with van der Waals surface area (Å²) in [5, 5.41) is 20.1. The van der Waals surface area contributed by atoms with Gasteiger partial charge in [0, 0.05) is 14.1 Å². The van der Waals surface area contributed by atoms with Gasteiger partial charge >= 0.3 is 11.7 Å². The molecule has 0 fully saturated rings. The lowest BCUT2D eigenvalue weighted by atomic mass is 10.2. The summed E-state index contributed by atoms with van der Waals surface area (Å²) in [5.41, 5.74) is -0.332. The van der Waals surface area contributed by atoms with Crippen LogP contribution in [-0.2, 0) is 30.2 Å². The molecule has 12 heteroatoms. The van der Waals surface area contributed by atoms with Crippen molar-refractivity contribution in [3.63, 3.8) is 0 Å². The van der Waals surface area contributed by atoms with Crippen LogP contribution >= 0.6 is 11.3 Å². The van der Waals surface area contributed by atoms with Gasteiger partial charge in [0.25, 0.3) is 5.56 Å². The molecule has 1 N–H and O–H groups in total. The number of nitrogens with zero attached hydrogens (tertiary/aromatic N) is 6. The molecule has 1 aromatic carbocycles. The fourth-order valence-corrected chi connectivity index (χ4v) is 4.12. The van der Waals surface area contributed by atoms with Gasteiger partial charge < -0.3 is 14.4 Å². The zero-order valence-corrected chi connectivity index (χ0v) is 17.8. The van der Waals surface area contributed by atoms with Gasteiger partial charge in [0.1, 0.15) is 29.8 Å².